The summed E-state index contributed by atoms with van der Waals surface area (Å²) in [5, 5.41) is 0. The number of hydrogen-bond donors (Lipinski definition) is 1. The van der Waals surface area contributed by atoms with Crippen LogP contribution in [0.3, 0.4) is 0 Å². The van der Waals surface area contributed by atoms with Gasteiger partial charge in [-0.05, 0) is 12.1 Å². The Morgan fingerprint density at radius 2 is 2.05 bits per heavy atom. The van der Waals surface area contributed by atoms with Gasteiger partial charge >= 0.3 is 6.18 Å². The number of hydrogen-bond acceptors (Lipinski definition) is 3. The molecule has 0 atom stereocenters. The van der Waals surface area contributed by atoms with Crippen molar-refractivity contribution in [1.82, 2.24) is 9.88 Å². The van der Waals surface area contributed by atoms with Crippen LogP contribution >= 0.6 is 11.8 Å². The third-order valence-electron chi connectivity index (χ3n) is 2.84. The molecular weight excluding hydrogens is 289 g/mol. The smallest absolute Gasteiger partial charge is 0.370 e. The van der Waals surface area contributed by atoms with Crippen molar-refractivity contribution < 1.29 is 13.2 Å². The van der Waals surface area contributed by atoms with Crippen LogP contribution in [0.25, 0.3) is 0 Å². The SMILES string of the molecule is NC(=NCc1cccc(C(F)(F)F)n1)N1CCSCC1. The fourth-order valence-corrected chi connectivity index (χ4v) is 2.68. The topological polar surface area (TPSA) is 54.5 Å². The lowest BCUT2D eigenvalue weighted by Crippen LogP contribution is -2.42. The van der Waals surface area contributed by atoms with E-state index in [0.29, 0.717) is 5.96 Å². The second-order valence-electron chi connectivity index (χ2n) is 4.29. The summed E-state index contributed by atoms with van der Waals surface area (Å²) < 4.78 is 37.6. The highest BCUT2D eigenvalue weighted by Crippen LogP contribution is 2.27. The van der Waals surface area contributed by atoms with Gasteiger partial charge < -0.3 is 10.6 Å². The molecule has 1 aromatic heterocycles. The Morgan fingerprint density at radius 1 is 1.35 bits per heavy atom. The first kappa shape index (κ1) is 15.0. The van der Waals surface area contributed by atoms with Crippen molar-refractivity contribution in [2.75, 3.05) is 24.6 Å². The molecule has 0 unspecified atom stereocenters. The van der Waals surface area contributed by atoms with Gasteiger partial charge in [-0.3, -0.25) is 0 Å². The van der Waals surface area contributed by atoms with Crippen molar-refractivity contribution in [3.63, 3.8) is 0 Å². The highest BCUT2D eigenvalue weighted by Gasteiger charge is 2.32. The Balaban J connectivity index is 2.02. The summed E-state index contributed by atoms with van der Waals surface area (Å²) in [5.41, 5.74) is 5.19. The molecule has 0 aliphatic carbocycles. The number of halogens is 3. The molecule has 1 aliphatic heterocycles. The maximum absolute atomic E-state index is 12.5. The summed E-state index contributed by atoms with van der Waals surface area (Å²) in [6.07, 6.45) is -4.44. The average molecular weight is 304 g/mol. The Labute approximate surface area is 119 Å². The van der Waals surface area contributed by atoms with Crippen molar-refractivity contribution in [3.8, 4) is 0 Å². The van der Waals surface area contributed by atoms with Gasteiger partial charge in [0.05, 0.1) is 12.2 Å². The second kappa shape index (κ2) is 6.34. The van der Waals surface area contributed by atoms with E-state index in [-0.39, 0.29) is 12.2 Å². The van der Waals surface area contributed by atoms with Gasteiger partial charge in [0.2, 0.25) is 0 Å². The van der Waals surface area contributed by atoms with Crippen molar-refractivity contribution in [2.24, 2.45) is 10.7 Å². The maximum atomic E-state index is 12.5. The van der Waals surface area contributed by atoms with Gasteiger partial charge in [-0.1, -0.05) is 6.07 Å². The minimum absolute atomic E-state index is 0.0550. The van der Waals surface area contributed by atoms with Crippen molar-refractivity contribution in [3.05, 3.63) is 29.6 Å². The third kappa shape index (κ3) is 4.03. The van der Waals surface area contributed by atoms with Crippen LogP contribution in [0.4, 0.5) is 13.2 Å². The Morgan fingerprint density at radius 3 is 2.70 bits per heavy atom. The van der Waals surface area contributed by atoms with Crippen LogP contribution in [-0.4, -0.2) is 40.4 Å². The molecule has 8 heteroatoms. The van der Waals surface area contributed by atoms with E-state index in [9.17, 15) is 13.2 Å². The minimum Gasteiger partial charge on any atom is -0.370 e. The lowest BCUT2D eigenvalue weighted by atomic mass is 10.3. The molecule has 4 nitrogen and oxygen atoms in total. The number of thioether (sulfide) groups is 1. The molecule has 1 fully saturated rings. The van der Waals surface area contributed by atoms with Crippen molar-refractivity contribution in [1.29, 1.82) is 0 Å². The minimum atomic E-state index is -4.44. The van der Waals surface area contributed by atoms with E-state index in [1.165, 1.54) is 12.1 Å². The summed E-state index contributed by atoms with van der Waals surface area (Å²) in [5.74, 6) is 2.33. The number of aliphatic imine (C=N–C) groups is 1. The number of aromatic nitrogens is 1. The fraction of sp³-hybridized carbons (Fsp3) is 0.500. The van der Waals surface area contributed by atoms with Gasteiger partial charge in [0.25, 0.3) is 0 Å². The highest BCUT2D eigenvalue weighted by molar-refractivity contribution is 7.99. The number of pyridine rings is 1. The van der Waals surface area contributed by atoms with Gasteiger partial charge in [0.15, 0.2) is 5.96 Å². The van der Waals surface area contributed by atoms with E-state index in [1.54, 1.807) is 0 Å². The summed E-state index contributed by atoms with van der Waals surface area (Å²) in [7, 11) is 0. The first-order valence-electron chi connectivity index (χ1n) is 6.12. The summed E-state index contributed by atoms with van der Waals surface area (Å²) in [6, 6.07) is 3.78. The highest BCUT2D eigenvalue weighted by atomic mass is 32.2. The van der Waals surface area contributed by atoms with Crippen LogP contribution in [0, 0.1) is 0 Å². The van der Waals surface area contributed by atoms with Crippen LogP contribution in [-0.2, 0) is 12.7 Å². The lowest BCUT2D eigenvalue weighted by Gasteiger charge is -2.27. The zero-order valence-corrected chi connectivity index (χ0v) is 11.5. The maximum Gasteiger partial charge on any atom is 0.433 e. The lowest BCUT2D eigenvalue weighted by molar-refractivity contribution is -0.141. The van der Waals surface area contributed by atoms with Crippen LogP contribution in [0.15, 0.2) is 23.2 Å². The molecule has 0 bridgehead atoms. The van der Waals surface area contributed by atoms with Crippen molar-refractivity contribution in [2.45, 2.75) is 12.7 Å². The zero-order valence-electron chi connectivity index (χ0n) is 10.7. The largest absolute Gasteiger partial charge is 0.433 e. The summed E-state index contributed by atoms with van der Waals surface area (Å²) in [4.78, 5) is 9.61. The van der Waals surface area contributed by atoms with Gasteiger partial charge in [-0.15, -0.1) is 0 Å². The molecule has 2 N–H and O–H groups in total. The first-order valence-corrected chi connectivity index (χ1v) is 7.28. The normalized spacial score (nSPS) is 17.4. The molecule has 2 heterocycles. The molecule has 1 saturated heterocycles. The van der Waals surface area contributed by atoms with Crippen LogP contribution in [0.1, 0.15) is 11.4 Å². The molecular formula is C12H15F3N4S. The summed E-state index contributed by atoms with van der Waals surface area (Å²) in [6.45, 7) is 1.69. The Bertz CT molecular complexity index is 484. The molecule has 2 rings (SSSR count). The molecule has 1 aromatic rings. The molecule has 0 saturated carbocycles. The monoisotopic (exact) mass is 304 g/mol. The zero-order chi connectivity index (χ0) is 14.6. The van der Waals surface area contributed by atoms with E-state index in [2.05, 4.69) is 9.98 Å². The number of alkyl halides is 3. The second-order valence-corrected chi connectivity index (χ2v) is 5.51. The average Bonchev–Trinajstić information content (AvgIpc) is 2.45. The van der Waals surface area contributed by atoms with E-state index in [0.717, 1.165) is 30.7 Å². The van der Waals surface area contributed by atoms with E-state index in [1.807, 2.05) is 16.7 Å². The number of rotatable bonds is 2. The summed E-state index contributed by atoms with van der Waals surface area (Å²) >= 11 is 1.85. The molecule has 20 heavy (non-hydrogen) atoms. The first-order chi connectivity index (χ1) is 9.47. The van der Waals surface area contributed by atoms with Gasteiger partial charge in [-0.2, -0.15) is 24.9 Å². The standard InChI is InChI=1S/C12H15F3N4S/c13-12(14,15)10-3-1-2-9(18-10)8-17-11(16)19-4-6-20-7-5-19/h1-3H,4-8H2,(H2,16,17). The molecule has 0 radical (unpaired) electrons. The van der Waals surface area contributed by atoms with Gasteiger partial charge in [0.1, 0.15) is 5.69 Å². The Hall–Kier alpha value is -1.44. The predicted molar refractivity (Wildman–Crippen MR) is 73.5 cm³/mol. The van der Waals surface area contributed by atoms with Crippen LogP contribution in [0.5, 0.6) is 0 Å². The van der Waals surface area contributed by atoms with E-state index >= 15 is 0 Å². The van der Waals surface area contributed by atoms with Crippen molar-refractivity contribution >= 4 is 17.7 Å². The Kier molecular flexibility index (Phi) is 4.74. The molecule has 0 spiro atoms. The molecule has 110 valence electrons. The third-order valence-corrected chi connectivity index (χ3v) is 3.78. The van der Waals surface area contributed by atoms with Crippen LogP contribution < -0.4 is 5.73 Å². The number of nitrogens with zero attached hydrogens (tertiary/aromatic N) is 3. The van der Waals surface area contributed by atoms with Gasteiger partial charge in [0, 0.05) is 24.6 Å². The van der Waals surface area contributed by atoms with Crippen LogP contribution in [0.2, 0.25) is 0 Å². The predicted octanol–water partition coefficient (Wildman–Crippen LogP) is 1.96. The molecule has 0 amide bonds. The fourth-order valence-electron chi connectivity index (χ4n) is 1.78. The van der Waals surface area contributed by atoms with E-state index < -0.39 is 11.9 Å². The van der Waals surface area contributed by atoms with E-state index in [4.69, 9.17) is 5.73 Å². The molecule has 0 aromatic carbocycles. The quantitative estimate of drug-likeness (QED) is 0.670. The number of guanidine groups is 1. The number of nitrogens with two attached hydrogens (primary N) is 1. The molecule has 1 aliphatic rings. The van der Waals surface area contributed by atoms with Gasteiger partial charge in [-0.25, -0.2) is 9.98 Å².